The third-order valence-electron chi connectivity index (χ3n) is 2.96. The molecule has 0 unspecified atom stereocenters. The molecule has 3 nitrogen and oxygen atoms in total. The Hall–Kier alpha value is -1.65. The third kappa shape index (κ3) is 3.46. The minimum absolute atomic E-state index is 0.0100. The van der Waals surface area contributed by atoms with E-state index in [2.05, 4.69) is 15.9 Å². The van der Waals surface area contributed by atoms with Crippen LogP contribution >= 0.6 is 15.9 Å². The van der Waals surface area contributed by atoms with Crippen molar-refractivity contribution in [3.8, 4) is 5.75 Å². The van der Waals surface area contributed by atoms with Crippen molar-refractivity contribution in [1.82, 2.24) is 0 Å². The normalized spacial score (nSPS) is 10.3. The molecule has 0 aliphatic heterocycles. The van der Waals surface area contributed by atoms with Gasteiger partial charge in [0.25, 0.3) is 0 Å². The molecule has 2 rings (SSSR count). The zero-order valence-electron chi connectivity index (χ0n) is 11.2. The van der Waals surface area contributed by atoms with Crippen molar-refractivity contribution in [2.75, 3.05) is 6.54 Å². The van der Waals surface area contributed by atoms with Gasteiger partial charge in [-0.3, -0.25) is 4.79 Å². The Balaban J connectivity index is 2.18. The molecule has 0 atom stereocenters. The number of hydrogen-bond acceptors (Lipinski definition) is 3. The molecule has 4 heteroatoms. The maximum atomic E-state index is 11.6. The lowest BCUT2D eigenvalue weighted by atomic mass is 10.1. The third-order valence-corrected chi connectivity index (χ3v) is 3.55. The number of aryl methyl sites for hydroxylation is 1. The van der Waals surface area contributed by atoms with Crippen molar-refractivity contribution < 1.29 is 9.53 Å². The van der Waals surface area contributed by atoms with Crippen LogP contribution in [-0.4, -0.2) is 12.3 Å². The second kappa shape index (κ2) is 6.68. The summed E-state index contributed by atoms with van der Waals surface area (Å²) in [6, 6.07) is 13.5. The Kier molecular flexibility index (Phi) is 4.93. The lowest BCUT2D eigenvalue weighted by Crippen LogP contribution is -2.14. The van der Waals surface area contributed by atoms with Gasteiger partial charge in [0, 0.05) is 5.56 Å². The number of carbonyl (C=O) groups excluding carboxylic acids is 1. The fourth-order valence-electron chi connectivity index (χ4n) is 1.92. The van der Waals surface area contributed by atoms with Gasteiger partial charge in [0.1, 0.15) is 12.4 Å². The summed E-state index contributed by atoms with van der Waals surface area (Å²) in [5, 5.41) is 0. The molecule has 0 radical (unpaired) electrons. The summed E-state index contributed by atoms with van der Waals surface area (Å²) in [6.07, 6.45) is 0. The molecule has 2 N–H and O–H groups in total. The van der Waals surface area contributed by atoms with E-state index >= 15 is 0 Å². The Bertz CT molecular complexity index is 588. The zero-order chi connectivity index (χ0) is 14.5. The molecule has 0 aliphatic rings. The topological polar surface area (TPSA) is 52.3 Å². The summed E-state index contributed by atoms with van der Waals surface area (Å²) < 4.78 is 6.60. The van der Waals surface area contributed by atoms with Gasteiger partial charge in [-0.2, -0.15) is 0 Å². The monoisotopic (exact) mass is 333 g/mol. The first kappa shape index (κ1) is 14.8. The maximum Gasteiger partial charge on any atom is 0.176 e. The fraction of sp³-hybridized carbons (Fsp3) is 0.188. The molecule has 20 heavy (non-hydrogen) atoms. The lowest BCUT2D eigenvalue weighted by Gasteiger charge is -2.12. The number of halogens is 1. The van der Waals surface area contributed by atoms with E-state index < -0.39 is 0 Å². The number of ether oxygens (including phenoxy) is 1. The SMILES string of the molecule is Cc1cc(C(=O)CN)cc(Br)c1OCc1ccccc1. The van der Waals surface area contributed by atoms with Crippen molar-refractivity contribution >= 4 is 21.7 Å². The fourth-order valence-corrected chi connectivity index (χ4v) is 2.60. The number of Topliss-reactive ketones (excluding diaryl/α,β-unsaturated/α-hetero) is 1. The number of hydrogen-bond donors (Lipinski definition) is 1. The molecule has 0 aliphatic carbocycles. The van der Waals surface area contributed by atoms with Crippen LogP contribution in [0, 0.1) is 6.92 Å². The van der Waals surface area contributed by atoms with Gasteiger partial charge in [-0.05, 0) is 46.1 Å². The van der Waals surface area contributed by atoms with Crippen LogP contribution in [0.1, 0.15) is 21.5 Å². The second-order valence-electron chi connectivity index (χ2n) is 4.51. The summed E-state index contributed by atoms with van der Waals surface area (Å²) in [4.78, 5) is 11.6. The van der Waals surface area contributed by atoms with Gasteiger partial charge in [0.05, 0.1) is 11.0 Å². The largest absolute Gasteiger partial charge is 0.487 e. The predicted octanol–water partition coefficient (Wildman–Crippen LogP) is 3.48. The Labute approximate surface area is 126 Å². The molecular formula is C16H16BrNO2. The number of rotatable bonds is 5. The van der Waals surface area contributed by atoms with Gasteiger partial charge in [-0.15, -0.1) is 0 Å². The van der Waals surface area contributed by atoms with Crippen LogP contribution in [-0.2, 0) is 6.61 Å². The highest BCUT2D eigenvalue weighted by molar-refractivity contribution is 9.10. The molecular weight excluding hydrogens is 318 g/mol. The van der Waals surface area contributed by atoms with Gasteiger partial charge in [-0.1, -0.05) is 30.3 Å². The summed E-state index contributed by atoms with van der Waals surface area (Å²) in [5.41, 5.74) is 7.99. The van der Waals surface area contributed by atoms with Crippen LogP contribution in [0.25, 0.3) is 0 Å². The van der Waals surface area contributed by atoms with Crippen LogP contribution in [0.5, 0.6) is 5.75 Å². The van der Waals surface area contributed by atoms with E-state index in [0.29, 0.717) is 12.2 Å². The smallest absolute Gasteiger partial charge is 0.176 e. The van der Waals surface area contributed by atoms with Crippen molar-refractivity contribution in [2.24, 2.45) is 5.73 Å². The Morgan fingerprint density at radius 1 is 1.25 bits per heavy atom. The summed E-state index contributed by atoms with van der Waals surface area (Å²) in [5.74, 6) is 0.672. The standard InChI is InChI=1S/C16H16BrNO2/c1-11-7-13(15(19)9-18)8-14(17)16(11)20-10-12-5-3-2-4-6-12/h2-8H,9-10,18H2,1H3. The molecule has 0 saturated heterocycles. The molecule has 0 saturated carbocycles. The highest BCUT2D eigenvalue weighted by Gasteiger charge is 2.11. The summed E-state index contributed by atoms with van der Waals surface area (Å²) >= 11 is 3.45. The number of nitrogens with two attached hydrogens (primary N) is 1. The minimum Gasteiger partial charge on any atom is -0.487 e. The van der Waals surface area contributed by atoms with E-state index in [1.54, 1.807) is 12.1 Å². The molecule has 104 valence electrons. The Morgan fingerprint density at radius 2 is 1.95 bits per heavy atom. The number of benzene rings is 2. The molecule has 2 aromatic rings. The molecule has 0 fully saturated rings. The van der Waals surface area contributed by atoms with E-state index in [-0.39, 0.29) is 12.3 Å². The highest BCUT2D eigenvalue weighted by atomic mass is 79.9. The van der Waals surface area contributed by atoms with Gasteiger partial charge in [0.15, 0.2) is 5.78 Å². The van der Waals surface area contributed by atoms with Crippen LogP contribution in [0.4, 0.5) is 0 Å². The maximum absolute atomic E-state index is 11.6. The predicted molar refractivity (Wildman–Crippen MR) is 83.0 cm³/mol. The van der Waals surface area contributed by atoms with Crippen molar-refractivity contribution in [2.45, 2.75) is 13.5 Å². The van der Waals surface area contributed by atoms with E-state index in [1.165, 1.54) is 0 Å². The first-order valence-corrected chi connectivity index (χ1v) is 7.11. The van der Waals surface area contributed by atoms with Gasteiger partial charge in [0.2, 0.25) is 0 Å². The van der Waals surface area contributed by atoms with Gasteiger partial charge >= 0.3 is 0 Å². The molecule has 2 aromatic carbocycles. The van der Waals surface area contributed by atoms with Crippen LogP contribution in [0.15, 0.2) is 46.9 Å². The molecule has 0 heterocycles. The average Bonchev–Trinajstić information content (AvgIpc) is 2.46. The average molecular weight is 334 g/mol. The van der Waals surface area contributed by atoms with Crippen molar-refractivity contribution in [3.05, 3.63) is 63.6 Å². The van der Waals surface area contributed by atoms with Crippen LogP contribution < -0.4 is 10.5 Å². The van der Waals surface area contributed by atoms with E-state index in [1.807, 2.05) is 37.3 Å². The van der Waals surface area contributed by atoms with Crippen LogP contribution in [0.3, 0.4) is 0 Å². The highest BCUT2D eigenvalue weighted by Crippen LogP contribution is 2.31. The van der Waals surface area contributed by atoms with Gasteiger partial charge in [-0.25, -0.2) is 0 Å². The zero-order valence-corrected chi connectivity index (χ0v) is 12.8. The van der Waals surface area contributed by atoms with E-state index in [4.69, 9.17) is 10.5 Å². The van der Waals surface area contributed by atoms with Crippen molar-refractivity contribution in [1.29, 1.82) is 0 Å². The minimum atomic E-state index is -0.0802. The summed E-state index contributed by atoms with van der Waals surface area (Å²) in [7, 11) is 0. The quantitative estimate of drug-likeness (QED) is 0.852. The molecule has 0 amide bonds. The molecule has 0 aromatic heterocycles. The second-order valence-corrected chi connectivity index (χ2v) is 5.36. The van der Waals surface area contributed by atoms with Crippen LogP contribution in [0.2, 0.25) is 0 Å². The molecule has 0 bridgehead atoms. The van der Waals surface area contributed by atoms with E-state index in [0.717, 1.165) is 21.3 Å². The molecule has 0 spiro atoms. The van der Waals surface area contributed by atoms with Crippen molar-refractivity contribution in [3.63, 3.8) is 0 Å². The summed E-state index contributed by atoms with van der Waals surface area (Å²) in [6.45, 7) is 2.42. The first-order valence-electron chi connectivity index (χ1n) is 6.32. The lowest BCUT2D eigenvalue weighted by molar-refractivity contribution is 0.100. The Morgan fingerprint density at radius 3 is 2.55 bits per heavy atom. The number of ketones is 1. The number of carbonyl (C=O) groups is 1. The van der Waals surface area contributed by atoms with E-state index in [9.17, 15) is 4.79 Å². The van der Waals surface area contributed by atoms with Gasteiger partial charge < -0.3 is 10.5 Å². The first-order chi connectivity index (χ1) is 9.61.